The molecule has 11 heteroatoms. The van der Waals surface area contributed by atoms with Gasteiger partial charge >= 0.3 is 6.09 Å². The summed E-state index contributed by atoms with van der Waals surface area (Å²) in [5.74, 6) is 0.0258. The van der Waals surface area contributed by atoms with Gasteiger partial charge in [0, 0.05) is 25.7 Å². The number of alkyl halides is 1. The van der Waals surface area contributed by atoms with E-state index in [0.717, 1.165) is 6.42 Å². The van der Waals surface area contributed by atoms with E-state index < -0.39 is 24.4 Å². The van der Waals surface area contributed by atoms with Gasteiger partial charge in [0.1, 0.15) is 24.6 Å². The Labute approximate surface area is 166 Å². The van der Waals surface area contributed by atoms with Crippen molar-refractivity contribution >= 4 is 17.8 Å². The second-order valence-corrected chi connectivity index (χ2v) is 7.48. The first kappa shape index (κ1) is 19.4. The summed E-state index contributed by atoms with van der Waals surface area (Å²) < 4.78 is 25.6. The number of halogens is 1. The van der Waals surface area contributed by atoms with Crippen LogP contribution in [-0.4, -0.2) is 56.9 Å². The first-order valence-electron chi connectivity index (χ1n) is 9.49. The number of anilines is 1. The Hall–Kier alpha value is -2.95. The minimum atomic E-state index is -0.764. The standard InChI is InChI=1S/C18H23FN6O4/c1-25-13(3-6-20-25)16(26)21-15-8-12(23-24-15)14-7-11(9-28-14)29-17(27)22-18(10-19)4-2-5-18/h3,6,8,11,14H,2,4-5,7,9-10H2,1H3,(H,22,27)(H2,21,23,24,26)/t11-,14-/m1/s1. The van der Waals surface area contributed by atoms with E-state index in [-0.39, 0.29) is 18.6 Å². The second kappa shape index (κ2) is 7.82. The lowest BCUT2D eigenvalue weighted by Gasteiger charge is -2.39. The second-order valence-electron chi connectivity index (χ2n) is 7.48. The van der Waals surface area contributed by atoms with Crippen molar-refractivity contribution in [1.82, 2.24) is 25.3 Å². The normalized spacial score (nSPS) is 22.7. The van der Waals surface area contributed by atoms with Crippen molar-refractivity contribution in [1.29, 1.82) is 0 Å². The first-order chi connectivity index (χ1) is 14.0. The molecule has 2 aromatic heterocycles. The number of nitrogens with zero attached hydrogens (tertiary/aromatic N) is 3. The third-order valence-electron chi connectivity index (χ3n) is 5.41. The highest BCUT2D eigenvalue weighted by Crippen LogP contribution is 2.33. The fourth-order valence-electron chi connectivity index (χ4n) is 3.53. The summed E-state index contributed by atoms with van der Waals surface area (Å²) in [5, 5.41) is 16.2. The molecule has 156 valence electrons. The number of H-pyrrole nitrogens is 1. The predicted octanol–water partition coefficient (Wildman–Crippen LogP) is 1.84. The van der Waals surface area contributed by atoms with E-state index >= 15 is 0 Å². The topological polar surface area (TPSA) is 123 Å². The van der Waals surface area contributed by atoms with Crippen LogP contribution in [0.1, 0.15) is 48.0 Å². The molecule has 2 aromatic rings. The average Bonchev–Trinajstić information content (AvgIpc) is 3.39. The van der Waals surface area contributed by atoms with Gasteiger partial charge in [0.05, 0.1) is 17.8 Å². The van der Waals surface area contributed by atoms with Crippen molar-refractivity contribution in [3.05, 3.63) is 29.7 Å². The van der Waals surface area contributed by atoms with Gasteiger partial charge < -0.3 is 20.1 Å². The van der Waals surface area contributed by atoms with Gasteiger partial charge in [0.15, 0.2) is 5.82 Å². The summed E-state index contributed by atoms with van der Waals surface area (Å²) in [4.78, 5) is 24.3. The number of carbonyl (C=O) groups excluding carboxylic acids is 2. The third kappa shape index (κ3) is 4.09. The van der Waals surface area contributed by atoms with Gasteiger partial charge in [-0.15, -0.1) is 0 Å². The molecule has 0 radical (unpaired) electrons. The van der Waals surface area contributed by atoms with Crippen LogP contribution in [0.3, 0.4) is 0 Å². The number of amides is 2. The zero-order valence-electron chi connectivity index (χ0n) is 16.0. The summed E-state index contributed by atoms with van der Waals surface area (Å²) in [6, 6.07) is 3.28. The SMILES string of the molecule is Cn1nccc1C(=O)Nc1cc([C@H]2C[C@@H](OC(=O)NC3(CF)CCC3)CO2)[nH]n1. The number of hydrogen-bond acceptors (Lipinski definition) is 6. The van der Waals surface area contributed by atoms with Crippen LogP contribution in [0.2, 0.25) is 0 Å². The fourth-order valence-corrected chi connectivity index (χ4v) is 3.53. The molecule has 3 N–H and O–H groups in total. The molecule has 1 aliphatic heterocycles. The number of hydrogen-bond donors (Lipinski definition) is 3. The molecule has 29 heavy (non-hydrogen) atoms. The van der Waals surface area contributed by atoms with Gasteiger partial charge in [-0.05, 0) is 25.3 Å². The van der Waals surface area contributed by atoms with Crippen LogP contribution in [-0.2, 0) is 16.5 Å². The van der Waals surface area contributed by atoms with Crippen molar-refractivity contribution < 1.29 is 23.5 Å². The van der Waals surface area contributed by atoms with Gasteiger partial charge in [-0.1, -0.05) is 0 Å². The van der Waals surface area contributed by atoms with E-state index in [1.165, 1.54) is 10.9 Å². The van der Waals surface area contributed by atoms with E-state index in [0.29, 0.717) is 36.5 Å². The number of aryl methyl sites for hydroxylation is 1. The van der Waals surface area contributed by atoms with E-state index in [1.54, 1.807) is 19.2 Å². The van der Waals surface area contributed by atoms with Gasteiger partial charge in [-0.25, -0.2) is 9.18 Å². The predicted molar refractivity (Wildman–Crippen MR) is 99.0 cm³/mol. The molecule has 10 nitrogen and oxygen atoms in total. The Bertz CT molecular complexity index is 887. The van der Waals surface area contributed by atoms with Gasteiger partial charge in [-0.2, -0.15) is 10.2 Å². The molecule has 4 rings (SSSR count). The lowest BCUT2D eigenvalue weighted by atomic mass is 9.78. The van der Waals surface area contributed by atoms with Crippen LogP contribution in [0.5, 0.6) is 0 Å². The number of carbonyl (C=O) groups is 2. The molecule has 0 spiro atoms. The summed E-state index contributed by atoms with van der Waals surface area (Å²) >= 11 is 0. The number of aromatic nitrogens is 4. The molecule has 1 saturated heterocycles. The van der Waals surface area contributed by atoms with E-state index in [9.17, 15) is 14.0 Å². The Kier molecular flexibility index (Phi) is 5.22. The van der Waals surface area contributed by atoms with Crippen molar-refractivity contribution in [3.63, 3.8) is 0 Å². The first-order valence-corrected chi connectivity index (χ1v) is 9.49. The Morgan fingerprint density at radius 2 is 2.31 bits per heavy atom. The molecule has 1 saturated carbocycles. The maximum Gasteiger partial charge on any atom is 0.408 e. The molecule has 0 unspecified atom stereocenters. The molecule has 0 bridgehead atoms. The molecular formula is C18H23FN6O4. The number of ether oxygens (including phenoxy) is 2. The van der Waals surface area contributed by atoms with Crippen LogP contribution >= 0.6 is 0 Å². The molecule has 2 atom stereocenters. The number of aromatic amines is 1. The Balaban J connectivity index is 1.29. The van der Waals surface area contributed by atoms with Crippen molar-refractivity contribution in [3.8, 4) is 0 Å². The van der Waals surface area contributed by atoms with Crippen LogP contribution in [0.4, 0.5) is 15.0 Å². The quantitative estimate of drug-likeness (QED) is 0.673. The van der Waals surface area contributed by atoms with Crippen molar-refractivity contribution in [2.45, 2.75) is 43.4 Å². The fraction of sp³-hybridized carbons (Fsp3) is 0.556. The largest absolute Gasteiger partial charge is 0.444 e. The number of alkyl carbamates (subject to hydrolysis) is 1. The van der Waals surface area contributed by atoms with Crippen molar-refractivity contribution in [2.75, 3.05) is 18.6 Å². The lowest BCUT2D eigenvalue weighted by Crippen LogP contribution is -2.55. The zero-order valence-corrected chi connectivity index (χ0v) is 16.0. The smallest absolute Gasteiger partial charge is 0.408 e. The highest BCUT2D eigenvalue weighted by Gasteiger charge is 2.40. The monoisotopic (exact) mass is 406 g/mol. The van der Waals surface area contributed by atoms with Gasteiger partial charge in [-0.3, -0.25) is 14.6 Å². The van der Waals surface area contributed by atoms with Crippen LogP contribution in [0.15, 0.2) is 18.3 Å². The van der Waals surface area contributed by atoms with E-state index in [1.807, 2.05) is 0 Å². The molecule has 1 aliphatic carbocycles. The molecule has 2 aliphatic rings. The average molecular weight is 406 g/mol. The molecule has 2 amide bonds. The highest BCUT2D eigenvalue weighted by atomic mass is 19.1. The number of rotatable bonds is 6. The Morgan fingerprint density at radius 1 is 1.48 bits per heavy atom. The van der Waals surface area contributed by atoms with Gasteiger partial charge in [0.25, 0.3) is 5.91 Å². The number of nitrogens with one attached hydrogen (secondary N) is 3. The van der Waals surface area contributed by atoms with Crippen LogP contribution in [0, 0.1) is 0 Å². The maximum atomic E-state index is 13.1. The molecular weight excluding hydrogens is 383 g/mol. The third-order valence-corrected chi connectivity index (χ3v) is 5.41. The van der Waals surface area contributed by atoms with Crippen molar-refractivity contribution in [2.24, 2.45) is 7.05 Å². The highest BCUT2D eigenvalue weighted by molar-refractivity contribution is 6.02. The molecule has 0 aromatic carbocycles. The van der Waals surface area contributed by atoms with E-state index in [4.69, 9.17) is 9.47 Å². The Morgan fingerprint density at radius 3 is 2.97 bits per heavy atom. The summed E-state index contributed by atoms with van der Waals surface area (Å²) in [6.07, 6.45) is 2.73. The maximum absolute atomic E-state index is 13.1. The van der Waals surface area contributed by atoms with Gasteiger partial charge in [0.2, 0.25) is 0 Å². The summed E-state index contributed by atoms with van der Waals surface area (Å²) in [5.41, 5.74) is 0.306. The molecule has 3 heterocycles. The summed E-state index contributed by atoms with van der Waals surface area (Å²) in [7, 11) is 1.67. The minimum Gasteiger partial charge on any atom is -0.444 e. The molecule has 2 fully saturated rings. The van der Waals surface area contributed by atoms with Crippen LogP contribution < -0.4 is 10.6 Å². The zero-order chi connectivity index (χ0) is 20.4. The van der Waals surface area contributed by atoms with Crippen LogP contribution in [0.25, 0.3) is 0 Å². The van der Waals surface area contributed by atoms with E-state index in [2.05, 4.69) is 25.9 Å². The summed E-state index contributed by atoms with van der Waals surface area (Å²) in [6.45, 7) is -0.357. The lowest BCUT2D eigenvalue weighted by molar-refractivity contribution is 0.0543. The minimum absolute atomic E-state index is 0.233.